The van der Waals surface area contributed by atoms with E-state index in [0.717, 1.165) is 6.54 Å². The molecule has 0 saturated carbocycles. The predicted octanol–water partition coefficient (Wildman–Crippen LogP) is -0.199. The molecule has 8 nitrogen and oxygen atoms in total. The van der Waals surface area contributed by atoms with E-state index in [4.69, 9.17) is 19.8 Å². The molecule has 0 unspecified atom stereocenters. The summed E-state index contributed by atoms with van der Waals surface area (Å²) < 4.78 is 0. The van der Waals surface area contributed by atoms with Crippen LogP contribution in [0.3, 0.4) is 0 Å². The molecule has 0 spiro atoms. The van der Waals surface area contributed by atoms with E-state index in [1.54, 1.807) is 4.80 Å². The summed E-state index contributed by atoms with van der Waals surface area (Å²) in [6.07, 6.45) is 4.52. The van der Waals surface area contributed by atoms with Crippen molar-refractivity contribution in [2.75, 3.05) is 19.6 Å². The van der Waals surface area contributed by atoms with Gasteiger partial charge in [0.1, 0.15) is 0 Å². The number of aryl methyl sites for hydroxylation is 1. The molecule has 0 aromatic carbocycles. The monoisotopic (exact) mass is 282 g/mol. The number of hydrogen-bond donors (Lipinski definition) is 2. The third-order valence-corrected chi connectivity index (χ3v) is 3.89. The van der Waals surface area contributed by atoms with Gasteiger partial charge in [-0.25, -0.2) is 9.59 Å². The zero-order valence-electron chi connectivity index (χ0n) is 11.3. The minimum atomic E-state index is -1.82. The van der Waals surface area contributed by atoms with Crippen molar-refractivity contribution in [3.05, 3.63) is 11.9 Å². The molecule has 1 aromatic rings. The van der Waals surface area contributed by atoms with Gasteiger partial charge in [0.2, 0.25) is 0 Å². The molecule has 3 rings (SSSR count). The summed E-state index contributed by atoms with van der Waals surface area (Å²) in [5, 5.41) is 23.6. The maximum absolute atomic E-state index is 9.10. The largest absolute Gasteiger partial charge is 0.473 e. The Morgan fingerprint density at radius 2 is 1.90 bits per heavy atom. The first-order chi connectivity index (χ1) is 9.47. The smallest absolute Gasteiger partial charge is 0.414 e. The quantitative estimate of drug-likeness (QED) is 0.723. The maximum atomic E-state index is 9.10. The predicted molar refractivity (Wildman–Crippen MR) is 68.3 cm³/mol. The minimum absolute atomic E-state index is 0.355. The topological polar surface area (TPSA) is 109 Å². The Labute approximate surface area is 116 Å². The Balaban J connectivity index is 0.000000212. The van der Waals surface area contributed by atoms with Crippen LogP contribution in [0.2, 0.25) is 0 Å². The fourth-order valence-electron chi connectivity index (χ4n) is 2.76. The third kappa shape index (κ3) is 2.79. The van der Waals surface area contributed by atoms with Crippen molar-refractivity contribution in [2.45, 2.75) is 31.7 Å². The lowest BCUT2D eigenvalue weighted by Crippen LogP contribution is -2.25. The summed E-state index contributed by atoms with van der Waals surface area (Å²) in [6, 6.07) is 0. The molecule has 8 heteroatoms. The normalized spacial score (nSPS) is 26.9. The number of aromatic nitrogens is 3. The second-order valence-electron chi connectivity index (χ2n) is 5.09. The van der Waals surface area contributed by atoms with Crippen LogP contribution in [0.15, 0.2) is 6.20 Å². The van der Waals surface area contributed by atoms with Crippen LogP contribution in [-0.4, -0.2) is 61.7 Å². The molecule has 0 amide bonds. The molecule has 2 aliphatic heterocycles. The van der Waals surface area contributed by atoms with E-state index in [-0.39, 0.29) is 0 Å². The first-order valence-electron chi connectivity index (χ1n) is 6.56. The van der Waals surface area contributed by atoms with Gasteiger partial charge in [-0.2, -0.15) is 15.0 Å². The van der Waals surface area contributed by atoms with Crippen LogP contribution < -0.4 is 0 Å². The Morgan fingerprint density at radius 3 is 2.25 bits per heavy atom. The molecule has 2 bridgehead atoms. The molecule has 2 N–H and O–H groups in total. The molecule has 2 saturated heterocycles. The molecule has 0 aliphatic carbocycles. The Bertz CT molecular complexity index is 493. The number of nitrogens with zero attached hydrogens (tertiary/aromatic N) is 4. The number of carbonyl (C=O) groups is 2. The average Bonchev–Trinajstić information content (AvgIpc) is 3.14. The summed E-state index contributed by atoms with van der Waals surface area (Å²) in [4.78, 5) is 22.5. The van der Waals surface area contributed by atoms with Crippen LogP contribution in [0.4, 0.5) is 0 Å². The molecule has 2 fully saturated rings. The molecule has 110 valence electrons. The number of fused-ring (bicyclic) bond motifs is 2. The Hall–Kier alpha value is -1.96. The summed E-state index contributed by atoms with van der Waals surface area (Å²) in [7, 11) is 0. The van der Waals surface area contributed by atoms with E-state index in [1.165, 1.54) is 38.2 Å². The Morgan fingerprint density at radius 1 is 1.30 bits per heavy atom. The summed E-state index contributed by atoms with van der Waals surface area (Å²) in [6.45, 7) is 6.66. The van der Waals surface area contributed by atoms with Crippen LogP contribution in [0, 0.1) is 0 Å². The van der Waals surface area contributed by atoms with E-state index in [0.29, 0.717) is 5.41 Å². The lowest BCUT2D eigenvalue weighted by atomic mass is 9.82. The maximum Gasteiger partial charge on any atom is 0.414 e. The van der Waals surface area contributed by atoms with Crippen LogP contribution >= 0.6 is 0 Å². The van der Waals surface area contributed by atoms with Crippen LogP contribution in [-0.2, 0) is 21.5 Å². The second kappa shape index (κ2) is 5.58. The molecule has 3 heterocycles. The fourth-order valence-corrected chi connectivity index (χ4v) is 2.76. The zero-order chi connectivity index (χ0) is 14.8. The first kappa shape index (κ1) is 14.4. The summed E-state index contributed by atoms with van der Waals surface area (Å²) in [5.74, 6) is -3.65. The van der Waals surface area contributed by atoms with Crippen LogP contribution in [0.25, 0.3) is 0 Å². The van der Waals surface area contributed by atoms with Crippen molar-refractivity contribution in [2.24, 2.45) is 0 Å². The van der Waals surface area contributed by atoms with Crippen molar-refractivity contribution < 1.29 is 19.8 Å². The highest BCUT2D eigenvalue weighted by Gasteiger charge is 2.46. The van der Waals surface area contributed by atoms with Gasteiger partial charge in [-0.05, 0) is 32.9 Å². The lowest BCUT2D eigenvalue weighted by Gasteiger charge is -2.21. The standard InChI is InChI=1S/C10H16N4.C2H2O4/c1-2-14-11-7-9(12-14)10-3-5-13(8-10)6-4-10;3-1(4)2(5)6/h7H,2-6,8H2,1H3;(H,3,4)(H,5,6). The van der Waals surface area contributed by atoms with Gasteiger partial charge >= 0.3 is 11.9 Å². The molecule has 20 heavy (non-hydrogen) atoms. The highest BCUT2D eigenvalue weighted by molar-refractivity contribution is 6.27. The van der Waals surface area contributed by atoms with E-state index in [9.17, 15) is 0 Å². The van der Waals surface area contributed by atoms with Crippen molar-refractivity contribution >= 4 is 11.9 Å². The van der Waals surface area contributed by atoms with Gasteiger partial charge in [-0.3, -0.25) is 0 Å². The molecular formula is C12H18N4O4. The second-order valence-corrected chi connectivity index (χ2v) is 5.09. The van der Waals surface area contributed by atoms with E-state index in [1.807, 2.05) is 6.20 Å². The lowest BCUT2D eigenvalue weighted by molar-refractivity contribution is -0.159. The van der Waals surface area contributed by atoms with Crippen molar-refractivity contribution in [3.63, 3.8) is 0 Å². The van der Waals surface area contributed by atoms with Crippen molar-refractivity contribution in [1.29, 1.82) is 0 Å². The van der Waals surface area contributed by atoms with Gasteiger partial charge in [0.05, 0.1) is 18.4 Å². The highest BCUT2D eigenvalue weighted by atomic mass is 16.4. The molecule has 1 aromatic heterocycles. The average molecular weight is 282 g/mol. The van der Waals surface area contributed by atoms with Gasteiger partial charge in [0, 0.05) is 12.0 Å². The third-order valence-electron chi connectivity index (χ3n) is 3.89. The van der Waals surface area contributed by atoms with Gasteiger partial charge < -0.3 is 15.1 Å². The minimum Gasteiger partial charge on any atom is -0.473 e. The highest BCUT2D eigenvalue weighted by Crippen LogP contribution is 2.41. The number of hydrogen-bond acceptors (Lipinski definition) is 5. The van der Waals surface area contributed by atoms with Crippen LogP contribution in [0.1, 0.15) is 25.5 Å². The van der Waals surface area contributed by atoms with Crippen molar-refractivity contribution in [1.82, 2.24) is 19.9 Å². The number of carboxylic acid groups (broad SMARTS) is 2. The SMILES string of the molecule is CCn1ncc(C23CCN(CC2)C3)n1.O=C(O)C(=O)O. The van der Waals surface area contributed by atoms with E-state index in [2.05, 4.69) is 22.0 Å². The first-order valence-corrected chi connectivity index (χ1v) is 6.56. The number of aliphatic carboxylic acids is 2. The van der Waals surface area contributed by atoms with E-state index < -0.39 is 11.9 Å². The molecule has 0 atom stereocenters. The number of carboxylic acids is 2. The van der Waals surface area contributed by atoms with Gasteiger partial charge in [-0.15, -0.1) is 0 Å². The zero-order valence-corrected chi connectivity index (χ0v) is 11.3. The summed E-state index contributed by atoms with van der Waals surface area (Å²) in [5.41, 5.74) is 1.58. The fraction of sp³-hybridized carbons (Fsp3) is 0.667. The van der Waals surface area contributed by atoms with Crippen molar-refractivity contribution in [3.8, 4) is 0 Å². The molecule has 2 aliphatic rings. The van der Waals surface area contributed by atoms with Crippen LogP contribution in [0.5, 0.6) is 0 Å². The summed E-state index contributed by atoms with van der Waals surface area (Å²) >= 11 is 0. The molecule has 0 radical (unpaired) electrons. The number of piperidine rings is 1. The van der Waals surface area contributed by atoms with Gasteiger partial charge in [-0.1, -0.05) is 0 Å². The van der Waals surface area contributed by atoms with Gasteiger partial charge in [0.25, 0.3) is 0 Å². The molecular weight excluding hydrogens is 264 g/mol. The van der Waals surface area contributed by atoms with E-state index >= 15 is 0 Å². The Kier molecular flexibility index (Phi) is 4.03. The number of rotatable bonds is 2. The van der Waals surface area contributed by atoms with Gasteiger partial charge in [0.15, 0.2) is 0 Å².